The molecule has 8 heteroatoms. The van der Waals surface area contributed by atoms with Crippen LogP contribution in [0.25, 0.3) is 0 Å². The third-order valence-corrected chi connectivity index (χ3v) is 4.09. The normalized spacial score (nSPS) is 13.0. The van der Waals surface area contributed by atoms with Gasteiger partial charge in [-0.05, 0) is 38.0 Å². The molecule has 24 heavy (non-hydrogen) atoms. The van der Waals surface area contributed by atoms with Crippen LogP contribution in [-0.4, -0.2) is 42.5 Å². The summed E-state index contributed by atoms with van der Waals surface area (Å²) in [5.41, 5.74) is 6.19. The molecule has 2 rings (SSSR count). The molecule has 0 atom stereocenters. The number of rotatable bonds is 8. The molecule has 1 aliphatic rings. The van der Waals surface area contributed by atoms with Crippen molar-refractivity contribution >= 4 is 40.2 Å². The zero-order chi connectivity index (χ0) is 16.8. The molecule has 1 fully saturated rings. The second-order valence-corrected chi connectivity index (χ2v) is 6.33. The summed E-state index contributed by atoms with van der Waals surface area (Å²) in [6, 6.07) is 6.02. The van der Waals surface area contributed by atoms with Gasteiger partial charge in [0.2, 0.25) is 11.8 Å². The molecular formula is C16H23BrClN3O3. The van der Waals surface area contributed by atoms with Crippen LogP contribution in [0.2, 0.25) is 0 Å². The quantitative estimate of drug-likeness (QED) is 0.672. The molecular weight excluding hydrogens is 398 g/mol. The van der Waals surface area contributed by atoms with Gasteiger partial charge in [-0.25, -0.2) is 0 Å². The summed E-state index contributed by atoms with van der Waals surface area (Å²) in [7, 11) is 0. The van der Waals surface area contributed by atoms with Crippen LogP contribution >= 0.6 is 28.3 Å². The van der Waals surface area contributed by atoms with Crippen molar-refractivity contribution in [3.63, 3.8) is 0 Å². The van der Waals surface area contributed by atoms with Gasteiger partial charge in [0, 0.05) is 22.6 Å². The monoisotopic (exact) mass is 419 g/mol. The molecule has 0 radical (unpaired) electrons. The Kier molecular flexibility index (Phi) is 8.52. The number of carbonyl (C=O) groups is 2. The molecule has 0 saturated heterocycles. The van der Waals surface area contributed by atoms with E-state index in [1.54, 1.807) is 4.90 Å². The first-order valence-electron chi connectivity index (χ1n) is 7.72. The van der Waals surface area contributed by atoms with Gasteiger partial charge in [-0.3, -0.25) is 9.59 Å². The molecule has 1 aromatic rings. The van der Waals surface area contributed by atoms with Crippen LogP contribution in [0.5, 0.6) is 5.75 Å². The van der Waals surface area contributed by atoms with Crippen LogP contribution in [0.4, 0.5) is 0 Å². The number of halogens is 2. The highest BCUT2D eigenvalue weighted by molar-refractivity contribution is 9.10. The smallest absolute Gasteiger partial charge is 0.242 e. The lowest BCUT2D eigenvalue weighted by molar-refractivity contribution is -0.133. The van der Waals surface area contributed by atoms with Gasteiger partial charge in [-0.2, -0.15) is 0 Å². The maximum absolute atomic E-state index is 12.4. The molecule has 3 N–H and O–H groups in total. The standard InChI is InChI=1S/C16H22BrN3O3.ClH/c1-2-23-14-6-3-12(17)7-11(14)10-20(13-4-5-13)16(22)9-19-15(21)8-18;/h3,6-7,13H,2,4-5,8-10,18H2,1H3,(H,19,21);1H. The van der Waals surface area contributed by atoms with Crippen LogP contribution in [0.1, 0.15) is 25.3 Å². The number of carbonyl (C=O) groups excluding carboxylic acids is 2. The zero-order valence-corrected chi connectivity index (χ0v) is 16.0. The van der Waals surface area contributed by atoms with Crippen molar-refractivity contribution in [3.05, 3.63) is 28.2 Å². The van der Waals surface area contributed by atoms with Gasteiger partial charge >= 0.3 is 0 Å². The molecule has 0 aromatic heterocycles. The Hall–Kier alpha value is -1.31. The van der Waals surface area contributed by atoms with Gasteiger partial charge in [0.1, 0.15) is 5.75 Å². The second kappa shape index (κ2) is 9.86. The molecule has 134 valence electrons. The van der Waals surface area contributed by atoms with E-state index in [0.29, 0.717) is 13.2 Å². The molecule has 0 heterocycles. The number of hydrogen-bond acceptors (Lipinski definition) is 4. The van der Waals surface area contributed by atoms with Crippen LogP contribution in [-0.2, 0) is 16.1 Å². The van der Waals surface area contributed by atoms with Crippen molar-refractivity contribution in [3.8, 4) is 5.75 Å². The average molecular weight is 421 g/mol. The fraction of sp³-hybridized carbons (Fsp3) is 0.500. The van der Waals surface area contributed by atoms with Gasteiger partial charge in [-0.1, -0.05) is 15.9 Å². The third kappa shape index (κ3) is 5.96. The van der Waals surface area contributed by atoms with E-state index < -0.39 is 0 Å². The van der Waals surface area contributed by atoms with E-state index >= 15 is 0 Å². The van der Waals surface area contributed by atoms with Gasteiger partial charge < -0.3 is 20.7 Å². The van der Waals surface area contributed by atoms with Gasteiger partial charge in [0.05, 0.1) is 19.7 Å². The van der Waals surface area contributed by atoms with E-state index in [9.17, 15) is 9.59 Å². The predicted molar refractivity (Wildman–Crippen MR) is 98.2 cm³/mol. The first-order chi connectivity index (χ1) is 11.0. The Morgan fingerprint density at radius 3 is 2.71 bits per heavy atom. The summed E-state index contributed by atoms with van der Waals surface area (Å²) in [5, 5.41) is 2.54. The molecule has 6 nitrogen and oxygen atoms in total. The number of amides is 2. The highest BCUT2D eigenvalue weighted by Gasteiger charge is 2.33. The summed E-state index contributed by atoms with van der Waals surface area (Å²) in [6.07, 6.45) is 1.99. The summed E-state index contributed by atoms with van der Waals surface area (Å²) in [6.45, 7) is 2.83. The third-order valence-electron chi connectivity index (χ3n) is 3.59. The maximum Gasteiger partial charge on any atom is 0.242 e. The minimum absolute atomic E-state index is 0. The summed E-state index contributed by atoms with van der Waals surface area (Å²) in [4.78, 5) is 25.5. The van der Waals surface area contributed by atoms with Crippen molar-refractivity contribution in [2.45, 2.75) is 32.4 Å². The highest BCUT2D eigenvalue weighted by Crippen LogP contribution is 2.31. The molecule has 0 aliphatic heterocycles. The average Bonchev–Trinajstić information content (AvgIpc) is 3.37. The largest absolute Gasteiger partial charge is 0.494 e. The molecule has 0 unspecified atom stereocenters. The fourth-order valence-electron chi connectivity index (χ4n) is 2.31. The predicted octanol–water partition coefficient (Wildman–Crippen LogP) is 1.84. The lowest BCUT2D eigenvalue weighted by atomic mass is 10.2. The Morgan fingerprint density at radius 1 is 1.42 bits per heavy atom. The van der Waals surface area contributed by atoms with Crippen molar-refractivity contribution in [1.82, 2.24) is 10.2 Å². The highest BCUT2D eigenvalue weighted by atomic mass is 79.9. The van der Waals surface area contributed by atoms with E-state index in [4.69, 9.17) is 10.5 Å². The maximum atomic E-state index is 12.4. The summed E-state index contributed by atoms with van der Waals surface area (Å²) in [5.74, 6) is 0.350. The van der Waals surface area contributed by atoms with Gasteiger partial charge in [-0.15, -0.1) is 12.4 Å². The van der Waals surface area contributed by atoms with Crippen molar-refractivity contribution in [1.29, 1.82) is 0 Å². The minimum Gasteiger partial charge on any atom is -0.494 e. The van der Waals surface area contributed by atoms with Crippen molar-refractivity contribution in [2.24, 2.45) is 5.73 Å². The zero-order valence-electron chi connectivity index (χ0n) is 13.6. The van der Waals surface area contributed by atoms with E-state index in [1.807, 2.05) is 25.1 Å². The van der Waals surface area contributed by atoms with E-state index in [0.717, 1.165) is 28.6 Å². The molecule has 1 saturated carbocycles. The topological polar surface area (TPSA) is 84.7 Å². The van der Waals surface area contributed by atoms with Gasteiger partial charge in [0.25, 0.3) is 0 Å². The first kappa shape index (κ1) is 20.7. The molecule has 2 amide bonds. The SMILES string of the molecule is CCOc1ccc(Br)cc1CN(C(=O)CNC(=O)CN)C1CC1.Cl. The van der Waals surface area contributed by atoms with E-state index in [-0.39, 0.29) is 43.4 Å². The van der Waals surface area contributed by atoms with Crippen LogP contribution < -0.4 is 15.8 Å². The number of nitrogens with zero attached hydrogens (tertiary/aromatic N) is 1. The Balaban J connectivity index is 0.00000288. The van der Waals surface area contributed by atoms with Gasteiger partial charge in [0.15, 0.2) is 0 Å². The van der Waals surface area contributed by atoms with Crippen molar-refractivity contribution in [2.75, 3.05) is 19.7 Å². The Bertz CT molecular complexity index is 582. The number of nitrogens with one attached hydrogen (secondary N) is 1. The molecule has 1 aromatic carbocycles. The first-order valence-corrected chi connectivity index (χ1v) is 8.52. The second-order valence-electron chi connectivity index (χ2n) is 5.42. The lowest BCUT2D eigenvalue weighted by Gasteiger charge is -2.24. The lowest BCUT2D eigenvalue weighted by Crippen LogP contribution is -2.42. The van der Waals surface area contributed by atoms with E-state index in [2.05, 4.69) is 21.2 Å². The van der Waals surface area contributed by atoms with Crippen molar-refractivity contribution < 1.29 is 14.3 Å². The summed E-state index contributed by atoms with van der Waals surface area (Å²) >= 11 is 3.46. The minimum atomic E-state index is -0.327. The number of nitrogens with two attached hydrogens (primary N) is 1. The molecule has 1 aliphatic carbocycles. The molecule has 0 bridgehead atoms. The number of ether oxygens (including phenoxy) is 1. The van der Waals surface area contributed by atoms with Crippen LogP contribution in [0.3, 0.4) is 0 Å². The van der Waals surface area contributed by atoms with Crippen LogP contribution in [0.15, 0.2) is 22.7 Å². The summed E-state index contributed by atoms with van der Waals surface area (Å²) < 4.78 is 6.58. The molecule has 0 spiro atoms. The number of hydrogen-bond donors (Lipinski definition) is 2. The van der Waals surface area contributed by atoms with Crippen LogP contribution in [0, 0.1) is 0 Å². The fourth-order valence-corrected chi connectivity index (χ4v) is 2.71. The Labute approximate surface area is 156 Å². The Morgan fingerprint density at radius 2 is 2.12 bits per heavy atom. The van der Waals surface area contributed by atoms with E-state index in [1.165, 1.54) is 0 Å². The number of benzene rings is 1.